The highest BCUT2D eigenvalue weighted by atomic mass is 32.1. The monoisotopic (exact) mass is 384 g/mol. The smallest absolute Gasteiger partial charge is 0.256 e. The summed E-state index contributed by atoms with van der Waals surface area (Å²) in [6, 6.07) is 5.48. The molecule has 1 aliphatic carbocycles. The first kappa shape index (κ1) is 18.0. The van der Waals surface area contributed by atoms with Crippen LogP contribution >= 0.6 is 11.3 Å². The van der Waals surface area contributed by atoms with E-state index in [0.717, 1.165) is 36.9 Å². The lowest BCUT2D eigenvalue weighted by Gasteiger charge is -2.20. The molecule has 0 bridgehead atoms. The van der Waals surface area contributed by atoms with Crippen LogP contribution in [0.3, 0.4) is 0 Å². The van der Waals surface area contributed by atoms with Crippen molar-refractivity contribution in [2.75, 3.05) is 23.9 Å². The van der Waals surface area contributed by atoms with Crippen LogP contribution in [0.5, 0.6) is 5.75 Å². The molecule has 2 amide bonds. The molecular weight excluding hydrogens is 360 g/mol. The Balaban J connectivity index is 1.54. The van der Waals surface area contributed by atoms with Crippen molar-refractivity contribution in [3.05, 3.63) is 39.6 Å². The van der Waals surface area contributed by atoms with Crippen molar-refractivity contribution in [2.24, 2.45) is 5.92 Å². The van der Waals surface area contributed by atoms with E-state index in [2.05, 4.69) is 12.2 Å². The van der Waals surface area contributed by atoms with Crippen LogP contribution in [0.15, 0.2) is 23.6 Å². The Bertz CT molecular complexity index is 890. The van der Waals surface area contributed by atoms with Crippen molar-refractivity contribution in [1.82, 2.24) is 0 Å². The Morgan fingerprint density at radius 2 is 2.19 bits per heavy atom. The topological polar surface area (TPSA) is 58.6 Å². The van der Waals surface area contributed by atoms with E-state index in [1.54, 1.807) is 29.4 Å². The van der Waals surface area contributed by atoms with Gasteiger partial charge in [-0.15, -0.1) is 11.3 Å². The van der Waals surface area contributed by atoms with E-state index >= 15 is 0 Å². The Morgan fingerprint density at radius 1 is 1.33 bits per heavy atom. The van der Waals surface area contributed by atoms with Gasteiger partial charge in [-0.3, -0.25) is 9.59 Å². The molecule has 0 spiro atoms. The highest BCUT2D eigenvalue weighted by molar-refractivity contribution is 7.10. The van der Waals surface area contributed by atoms with E-state index in [4.69, 9.17) is 4.74 Å². The number of nitrogens with one attached hydrogen (secondary N) is 1. The molecule has 1 unspecified atom stereocenters. The number of fused-ring (bicyclic) bond motifs is 1. The zero-order valence-corrected chi connectivity index (χ0v) is 16.5. The van der Waals surface area contributed by atoms with Crippen molar-refractivity contribution >= 4 is 34.5 Å². The highest BCUT2D eigenvalue weighted by Gasteiger charge is 2.26. The maximum Gasteiger partial charge on any atom is 0.256 e. The van der Waals surface area contributed by atoms with Crippen LogP contribution in [0.4, 0.5) is 11.4 Å². The maximum atomic E-state index is 12.8. The number of methoxy groups -OCH3 is 1. The number of rotatable bonds is 4. The molecule has 2 aromatic rings. The number of nitrogens with zero attached hydrogens (tertiary/aromatic N) is 1. The van der Waals surface area contributed by atoms with Crippen molar-refractivity contribution in [3.8, 4) is 5.75 Å². The number of benzene rings is 1. The van der Waals surface area contributed by atoms with Gasteiger partial charge in [-0.25, -0.2) is 0 Å². The van der Waals surface area contributed by atoms with Crippen LogP contribution < -0.4 is 15.0 Å². The van der Waals surface area contributed by atoms with Gasteiger partial charge < -0.3 is 15.0 Å². The van der Waals surface area contributed by atoms with Crippen molar-refractivity contribution in [1.29, 1.82) is 0 Å². The predicted molar refractivity (Wildman–Crippen MR) is 108 cm³/mol. The van der Waals surface area contributed by atoms with Gasteiger partial charge in [0.05, 0.1) is 18.4 Å². The molecule has 1 atom stereocenters. The molecule has 0 radical (unpaired) electrons. The molecule has 2 aliphatic rings. The van der Waals surface area contributed by atoms with Crippen LogP contribution in [0.1, 0.15) is 47.0 Å². The number of anilines is 2. The standard InChI is InChI=1S/C21H24N2O3S/c1-13-5-7-15-16(12-27-19(15)10-13)21(25)22-14-6-8-17(18(11-14)26-2)23-9-3-4-20(23)24/h6,8,11-13H,3-5,7,9-10H2,1-2H3,(H,22,25). The molecular formula is C21H24N2O3S. The largest absolute Gasteiger partial charge is 0.494 e. The zero-order valence-electron chi connectivity index (χ0n) is 15.7. The molecule has 27 heavy (non-hydrogen) atoms. The van der Waals surface area contributed by atoms with Crippen LogP contribution in [0.25, 0.3) is 0 Å². The molecule has 4 rings (SSSR count). The Labute approximate surface area is 163 Å². The fourth-order valence-corrected chi connectivity index (χ4v) is 5.19. The number of carbonyl (C=O) groups excluding carboxylic acids is 2. The fraction of sp³-hybridized carbons (Fsp3) is 0.429. The molecule has 1 aromatic carbocycles. The molecule has 0 saturated carbocycles. The van der Waals surface area contributed by atoms with Gasteiger partial charge in [0.1, 0.15) is 5.75 Å². The lowest BCUT2D eigenvalue weighted by Crippen LogP contribution is -2.24. The normalized spacial score (nSPS) is 19.1. The highest BCUT2D eigenvalue weighted by Crippen LogP contribution is 2.35. The molecule has 1 fully saturated rings. The van der Waals surface area contributed by atoms with Gasteiger partial charge in [-0.1, -0.05) is 6.92 Å². The second-order valence-electron chi connectivity index (χ2n) is 7.39. The Morgan fingerprint density at radius 3 is 2.93 bits per heavy atom. The number of hydrogen-bond donors (Lipinski definition) is 1. The third kappa shape index (κ3) is 3.46. The van der Waals surface area contributed by atoms with Crippen molar-refractivity contribution in [3.63, 3.8) is 0 Å². The molecule has 6 heteroatoms. The number of ether oxygens (including phenoxy) is 1. The van der Waals surface area contributed by atoms with Gasteiger partial charge in [-0.05, 0) is 49.3 Å². The lowest BCUT2D eigenvalue weighted by molar-refractivity contribution is -0.117. The summed E-state index contributed by atoms with van der Waals surface area (Å²) in [7, 11) is 1.58. The third-order valence-corrected chi connectivity index (χ3v) is 6.50. The van der Waals surface area contributed by atoms with Crippen LogP contribution in [-0.2, 0) is 17.6 Å². The second kappa shape index (κ2) is 7.35. The van der Waals surface area contributed by atoms with Crippen LogP contribution in [0, 0.1) is 5.92 Å². The number of thiophene rings is 1. The van der Waals surface area contributed by atoms with E-state index in [1.165, 1.54) is 10.4 Å². The maximum absolute atomic E-state index is 12.8. The Hall–Kier alpha value is -2.34. The summed E-state index contributed by atoms with van der Waals surface area (Å²) in [6.45, 7) is 2.97. The van der Waals surface area contributed by atoms with E-state index in [1.807, 2.05) is 17.5 Å². The minimum atomic E-state index is -0.0749. The summed E-state index contributed by atoms with van der Waals surface area (Å²) < 4.78 is 5.48. The summed E-state index contributed by atoms with van der Waals surface area (Å²) in [4.78, 5) is 27.9. The van der Waals surface area contributed by atoms with E-state index in [-0.39, 0.29) is 11.8 Å². The summed E-state index contributed by atoms with van der Waals surface area (Å²) in [5.74, 6) is 1.33. The molecule has 2 heterocycles. The number of carbonyl (C=O) groups is 2. The second-order valence-corrected chi connectivity index (χ2v) is 8.35. The van der Waals surface area contributed by atoms with Gasteiger partial charge in [0.15, 0.2) is 0 Å². The minimum absolute atomic E-state index is 0.0749. The lowest BCUT2D eigenvalue weighted by atomic mass is 9.88. The Kier molecular flexibility index (Phi) is 4.91. The third-order valence-electron chi connectivity index (χ3n) is 5.45. The first-order valence-corrected chi connectivity index (χ1v) is 10.3. The molecule has 1 N–H and O–H groups in total. The van der Waals surface area contributed by atoms with Gasteiger partial charge >= 0.3 is 0 Å². The average Bonchev–Trinajstić information content (AvgIpc) is 3.27. The molecule has 142 valence electrons. The average molecular weight is 385 g/mol. The van der Waals surface area contributed by atoms with Gasteiger partial charge in [0.25, 0.3) is 5.91 Å². The molecule has 1 aliphatic heterocycles. The van der Waals surface area contributed by atoms with Gasteiger partial charge in [-0.2, -0.15) is 0 Å². The van der Waals surface area contributed by atoms with Crippen molar-refractivity contribution in [2.45, 2.75) is 39.0 Å². The van der Waals surface area contributed by atoms with Crippen molar-refractivity contribution < 1.29 is 14.3 Å². The van der Waals surface area contributed by atoms with Gasteiger partial charge in [0, 0.05) is 35.0 Å². The fourth-order valence-electron chi connectivity index (χ4n) is 3.95. The van der Waals surface area contributed by atoms with Crippen LogP contribution in [0.2, 0.25) is 0 Å². The SMILES string of the molecule is COc1cc(NC(=O)c2csc3c2CCC(C)C3)ccc1N1CCCC1=O. The molecule has 5 nitrogen and oxygen atoms in total. The first-order valence-electron chi connectivity index (χ1n) is 9.46. The molecule has 1 saturated heterocycles. The molecule has 1 aromatic heterocycles. The zero-order chi connectivity index (χ0) is 19.0. The summed E-state index contributed by atoms with van der Waals surface area (Å²) in [5.41, 5.74) is 3.44. The summed E-state index contributed by atoms with van der Waals surface area (Å²) in [6.07, 6.45) is 4.62. The summed E-state index contributed by atoms with van der Waals surface area (Å²) in [5, 5.41) is 4.97. The van der Waals surface area contributed by atoms with Gasteiger partial charge in [0.2, 0.25) is 5.91 Å². The number of amides is 2. The minimum Gasteiger partial charge on any atom is -0.494 e. The van der Waals surface area contributed by atoms with E-state index in [0.29, 0.717) is 30.3 Å². The predicted octanol–water partition coefficient (Wildman–Crippen LogP) is 4.26. The quantitative estimate of drug-likeness (QED) is 0.857. The number of hydrogen-bond acceptors (Lipinski definition) is 4. The van der Waals surface area contributed by atoms with Crippen LogP contribution in [-0.4, -0.2) is 25.5 Å². The first-order chi connectivity index (χ1) is 13.1. The summed E-state index contributed by atoms with van der Waals surface area (Å²) >= 11 is 1.69. The van der Waals surface area contributed by atoms with E-state index < -0.39 is 0 Å². The van der Waals surface area contributed by atoms with E-state index in [9.17, 15) is 9.59 Å².